The molecule has 6 heteroatoms. The van der Waals surface area contributed by atoms with Gasteiger partial charge >= 0.3 is 0 Å². The Morgan fingerprint density at radius 1 is 1.29 bits per heavy atom. The molecular formula is C15H25ClN4O. The number of unbranched alkanes of at least 4 members (excludes halogenated alkanes) is 3. The molecule has 0 spiro atoms. The molecule has 0 aliphatic rings. The van der Waals surface area contributed by atoms with Crippen LogP contribution in [0.1, 0.15) is 56.3 Å². The van der Waals surface area contributed by atoms with Crippen molar-refractivity contribution in [3.05, 3.63) is 22.8 Å². The van der Waals surface area contributed by atoms with Crippen molar-refractivity contribution in [3.63, 3.8) is 0 Å². The lowest BCUT2D eigenvalue weighted by atomic mass is 10.0. The molecule has 0 unspecified atom stereocenters. The number of rotatable bonds is 9. The van der Waals surface area contributed by atoms with E-state index < -0.39 is 0 Å². The first-order chi connectivity index (χ1) is 10.0. The van der Waals surface area contributed by atoms with E-state index in [0.717, 1.165) is 18.8 Å². The third kappa shape index (κ3) is 7.29. The van der Waals surface area contributed by atoms with Crippen LogP contribution in [0.2, 0.25) is 5.15 Å². The fraction of sp³-hybridized carbons (Fsp3) is 0.600. The summed E-state index contributed by atoms with van der Waals surface area (Å²) < 4.78 is 0. The zero-order valence-electron chi connectivity index (χ0n) is 12.8. The summed E-state index contributed by atoms with van der Waals surface area (Å²) in [6.45, 7) is 5.15. The largest absolute Gasteiger partial charge is 0.352 e. The van der Waals surface area contributed by atoms with E-state index in [1.807, 2.05) is 0 Å². The van der Waals surface area contributed by atoms with Gasteiger partial charge in [0.25, 0.3) is 5.91 Å². The second kappa shape index (κ2) is 9.58. The number of nitrogens with one attached hydrogen (secondary N) is 2. The van der Waals surface area contributed by atoms with Crippen LogP contribution in [0.4, 0.5) is 5.82 Å². The summed E-state index contributed by atoms with van der Waals surface area (Å²) in [6.07, 6.45) is 5.88. The molecule has 1 aromatic rings. The average molecular weight is 313 g/mol. The Kier molecular flexibility index (Phi) is 8.08. The minimum atomic E-state index is -0.155. The van der Waals surface area contributed by atoms with E-state index in [0.29, 0.717) is 17.9 Å². The molecule has 0 saturated heterocycles. The number of nitrogen functional groups attached to an aromatic ring is 1. The Labute approximate surface area is 131 Å². The lowest BCUT2D eigenvalue weighted by Crippen LogP contribution is -2.24. The number of nitrogens with zero attached hydrogens (tertiary/aromatic N) is 1. The molecule has 0 saturated carbocycles. The number of hydrogen-bond acceptors (Lipinski definition) is 4. The van der Waals surface area contributed by atoms with Crippen LogP contribution in [-0.2, 0) is 0 Å². The number of hydrogen-bond donors (Lipinski definition) is 3. The van der Waals surface area contributed by atoms with Crippen LogP contribution in [0.3, 0.4) is 0 Å². The van der Waals surface area contributed by atoms with Gasteiger partial charge in [-0.25, -0.2) is 10.8 Å². The quantitative estimate of drug-likeness (QED) is 0.283. The third-order valence-electron chi connectivity index (χ3n) is 3.20. The van der Waals surface area contributed by atoms with E-state index in [1.165, 1.54) is 25.3 Å². The van der Waals surface area contributed by atoms with E-state index in [9.17, 15) is 4.79 Å². The molecule has 118 valence electrons. The van der Waals surface area contributed by atoms with Crippen molar-refractivity contribution < 1.29 is 4.79 Å². The van der Waals surface area contributed by atoms with Crippen LogP contribution in [0.5, 0.6) is 0 Å². The Morgan fingerprint density at radius 3 is 2.67 bits per heavy atom. The van der Waals surface area contributed by atoms with Crippen molar-refractivity contribution >= 4 is 23.3 Å². The van der Waals surface area contributed by atoms with Crippen molar-refractivity contribution in [1.29, 1.82) is 0 Å². The topological polar surface area (TPSA) is 80.0 Å². The van der Waals surface area contributed by atoms with Crippen molar-refractivity contribution in [2.45, 2.75) is 46.0 Å². The molecule has 0 bridgehead atoms. The Balaban J connectivity index is 2.26. The second-order valence-corrected chi connectivity index (χ2v) is 5.95. The van der Waals surface area contributed by atoms with Gasteiger partial charge in [-0.3, -0.25) is 4.79 Å². The number of pyridine rings is 1. The molecule has 5 nitrogen and oxygen atoms in total. The van der Waals surface area contributed by atoms with Gasteiger partial charge in [-0.1, -0.05) is 51.1 Å². The number of anilines is 1. The molecule has 0 radical (unpaired) electrons. The van der Waals surface area contributed by atoms with Crippen molar-refractivity contribution in [1.82, 2.24) is 10.3 Å². The molecule has 0 aromatic carbocycles. The van der Waals surface area contributed by atoms with Crippen molar-refractivity contribution in [2.24, 2.45) is 11.8 Å². The Bertz CT molecular complexity index is 451. The number of carbonyl (C=O) groups excluding carboxylic acids is 1. The Morgan fingerprint density at radius 2 is 2.00 bits per heavy atom. The maximum atomic E-state index is 12.0. The lowest BCUT2D eigenvalue weighted by molar-refractivity contribution is 0.0953. The standard InChI is InChI=1S/C15H25ClN4O/c1-11(2)7-5-3-4-6-8-18-15(21)12-9-13(16)19-14(10-12)20-17/h9-11H,3-8,17H2,1-2H3,(H,18,21)(H,19,20). The zero-order valence-corrected chi connectivity index (χ0v) is 13.5. The normalized spacial score (nSPS) is 10.7. The van der Waals surface area contributed by atoms with Gasteiger partial charge in [-0.2, -0.15) is 0 Å². The predicted molar refractivity (Wildman–Crippen MR) is 87.3 cm³/mol. The van der Waals surface area contributed by atoms with Crippen LogP contribution < -0.4 is 16.6 Å². The summed E-state index contributed by atoms with van der Waals surface area (Å²) in [6, 6.07) is 3.10. The molecule has 0 fully saturated rings. The highest BCUT2D eigenvalue weighted by Crippen LogP contribution is 2.14. The SMILES string of the molecule is CC(C)CCCCCCNC(=O)c1cc(Cl)nc(NN)c1. The second-order valence-electron chi connectivity index (χ2n) is 5.56. The first-order valence-electron chi connectivity index (χ1n) is 7.45. The molecule has 0 aliphatic carbocycles. The maximum absolute atomic E-state index is 12.0. The summed E-state index contributed by atoms with van der Waals surface area (Å²) in [5, 5.41) is 3.12. The first kappa shape index (κ1) is 17.7. The van der Waals surface area contributed by atoms with Crippen molar-refractivity contribution in [3.8, 4) is 0 Å². The molecule has 1 rings (SSSR count). The molecule has 1 aromatic heterocycles. The molecule has 4 N–H and O–H groups in total. The van der Waals surface area contributed by atoms with Crippen LogP contribution in [0, 0.1) is 5.92 Å². The highest BCUT2D eigenvalue weighted by atomic mass is 35.5. The molecule has 21 heavy (non-hydrogen) atoms. The smallest absolute Gasteiger partial charge is 0.251 e. The van der Waals surface area contributed by atoms with E-state index in [1.54, 1.807) is 6.07 Å². The summed E-state index contributed by atoms with van der Waals surface area (Å²) >= 11 is 5.83. The molecular weight excluding hydrogens is 288 g/mol. The maximum Gasteiger partial charge on any atom is 0.251 e. The number of hydrazine groups is 1. The number of carbonyl (C=O) groups is 1. The summed E-state index contributed by atoms with van der Waals surface area (Å²) in [4.78, 5) is 15.9. The number of halogens is 1. The van der Waals surface area contributed by atoms with Gasteiger partial charge in [0.2, 0.25) is 0 Å². The van der Waals surface area contributed by atoms with Crippen molar-refractivity contribution in [2.75, 3.05) is 12.0 Å². The zero-order chi connectivity index (χ0) is 15.7. The highest BCUT2D eigenvalue weighted by Gasteiger charge is 2.08. The van der Waals surface area contributed by atoms with Crippen LogP contribution in [0.15, 0.2) is 12.1 Å². The molecule has 0 atom stereocenters. The van der Waals surface area contributed by atoms with Crippen LogP contribution >= 0.6 is 11.6 Å². The number of nitrogens with two attached hydrogens (primary N) is 1. The average Bonchev–Trinajstić information content (AvgIpc) is 2.44. The molecule has 1 heterocycles. The fourth-order valence-corrected chi connectivity index (χ4v) is 2.25. The fourth-order valence-electron chi connectivity index (χ4n) is 2.04. The van der Waals surface area contributed by atoms with Gasteiger partial charge in [0.15, 0.2) is 0 Å². The molecule has 0 aliphatic heterocycles. The van der Waals surface area contributed by atoms with Gasteiger partial charge in [-0.05, 0) is 24.5 Å². The monoisotopic (exact) mass is 312 g/mol. The summed E-state index contributed by atoms with van der Waals surface area (Å²) in [5.74, 6) is 6.27. The van der Waals surface area contributed by atoms with Crippen LogP contribution in [-0.4, -0.2) is 17.4 Å². The number of amides is 1. The minimum absolute atomic E-state index is 0.155. The minimum Gasteiger partial charge on any atom is -0.352 e. The first-order valence-corrected chi connectivity index (χ1v) is 7.83. The number of aromatic nitrogens is 1. The van der Waals surface area contributed by atoms with Gasteiger partial charge in [0.1, 0.15) is 11.0 Å². The van der Waals surface area contributed by atoms with Gasteiger partial charge < -0.3 is 10.7 Å². The summed E-state index contributed by atoms with van der Waals surface area (Å²) in [5.41, 5.74) is 2.85. The molecule has 1 amide bonds. The van der Waals surface area contributed by atoms with Crippen LogP contribution in [0.25, 0.3) is 0 Å². The van der Waals surface area contributed by atoms with Gasteiger partial charge in [0.05, 0.1) is 0 Å². The van der Waals surface area contributed by atoms with E-state index in [2.05, 4.69) is 29.6 Å². The Hall–Kier alpha value is -1.33. The van der Waals surface area contributed by atoms with Gasteiger partial charge in [-0.15, -0.1) is 0 Å². The van der Waals surface area contributed by atoms with Gasteiger partial charge in [0, 0.05) is 12.1 Å². The predicted octanol–water partition coefficient (Wildman–Crippen LogP) is 3.36. The van der Waals surface area contributed by atoms with E-state index >= 15 is 0 Å². The summed E-state index contributed by atoms with van der Waals surface area (Å²) in [7, 11) is 0. The van der Waals surface area contributed by atoms with E-state index in [4.69, 9.17) is 17.4 Å². The lowest BCUT2D eigenvalue weighted by Gasteiger charge is -2.08. The van der Waals surface area contributed by atoms with E-state index in [-0.39, 0.29) is 11.1 Å². The third-order valence-corrected chi connectivity index (χ3v) is 3.39. The highest BCUT2D eigenvalue weighted by molar-refractivity contribution is 6.29.